The third kappa shape index (κ3) is 4.97. The molecule has 1 atom stereocenters. The fourth-order valence-electron chi connectivity index (χ4n) is 2.59. The Morgan fingerprint density at radius 1 is 1.20 bits per heavy atom. The molecule has 1 saturated heterocycles. The van der Waals surface area contributed by atoms with Crippen LogP contribution in [0.1, 0.15) is 38.2 Å². The smallest absolute Gasteiger partial charge is 0.122 e. The summed E-state index contributed by atoms with van der Waals surface area (Å²) in [5.41, 5.74) is 1.20. The summed E-state index contributed by atoms with van der Waals surface area (Å²) in [5, 5.41) is 10.0. The van der Waals surface area contributed by atoms with Crippen molar-refractivity contribution in [3.05, 3.63) is 29.8 Å². The second-order valence-electron chi connectivity index (χ2n) is 5.67. The van der Waals surface area contributed by atoms with E-state index in [0.717, 1.165) is 25.4 Å². The number of benzene rings is 1. The minimum atomic E-state index is -0.404. The van der Waals surface area contributed by atoms with Gasteiger partial charge in [-0.15, -0.1) is 12.4 Å². The van der Waals surface area contributed by atoms with E-state index in [1.165, 1.54) is 18.4 Å². The van der Waals surface area contributed by atoms with E-state index in [2.05, 4.69) is 24.8 Å². The van der Waals surface area contributed by atoms with Crippen molar-refractivity contribution >= 4 is 12.4 Å². The van der Waals surface area contributed by atoms with Crippen molar-refractivity contribution in [3.63, 3.8) is 0 Å². The Morgan fingerprint density at radius 3 is 2.50 bits per heavy atom. The topological polar surface area (TPSA) is 32.7 Å². The van der Waals surface area contributed by atoms with Crippen molar-refractivity contribution < 1.29 is 9.84 Å². The fourth-order valence-corrected chi connectivity index (χ4v) is 2.59. The van der Waals surface area contributed by atoms with Gasteiger partial charge in [-0.1, -0.05) is 32.0 Å². The van der Waals surface area contributed by atoms with E-state index in [4.69, 9.17) is 4.74 Å². The average Bonchev–Trinajstić information content (AvgIpc) is 2.89. The Balaban J connectivity index is 0.00000200. The molecule has 1 aromatic carbocycles. The molecule has 0 aliphatic carbocycles. The van der Waals surface area contributed by atoms with Gasteiger partial charge in [0.1, 0.15) is 18.5 Å². The Labute approximate surface area is 128 Å². The third-order valence-electron chi connectivity index (χ3n) is 3.64. The van der Waals surface area contributed by atoms with Crippen LogP contribution < -0.4 is 4.74 Å². The quantitative estimate of drug-likeness (QED) is 0.876. The van der Waals surface area contributed by atoms with Crippen LogP contribution in [0.3, 0.4) is 0 Å². The standard InChI is InChI=1S/C16H25NO2.ClH/c1-13(2)15-7-3-4-8-16(15)19-12-14(18)11-17-9-5-6-10-17;/h3-4,7-8,13-14,18H,5-6,9-12H2,1-2H3;1H. The monoisotopic (exact) mass is 299 g/mol. The van der Waals surface area contributed by atoms with Gasteiger partial charge in [0.25, 0.3) is 0 Å². The molecule has 4 heteroatoms. The van der Waals surface area contributed by atoms with Crippen molar-refractivity contribution in [2.75, 3.05) is 26.2 Å². The van der Waals surface area contributed by atoms with Crippen LogP contribution in [-0.2, 0) is 0 Å². The molecule has 0 bridgehead atoms. The van der Waals surface area contributed by atoms with Gasteiger partial charge in [-0.25, -0.2) is 0 Å². The van der Waals surface area contributed by atoms with Gasteiger partial charge in [-0.3, -0.25) is 0 Å². The first-order valence-corrected chi connectivity index (χ1v) is 7.29. The van der Waals surface area contributed by atoms with Crippen LogP contribution in [0.25, 0.3) is 0 Å². The zero-order valence-electron chi connectivity index (χ0n) is 12.4. The van der Waals surface area contributed by atoms with Crippen LogP contribution >= 0.6 is 12.4 Å². The van der Waals surface area contributed by atoms with Gasteiger partial charge < -0.3 is 14.7 Å². The maximum atomic E-state index is 10.0. The highest BCUT2D eigenvalue weighted by Gasteiger charge is 2.16. The van der Waals surface area contributed by atoms with Crippen LogP contribution in [0.15, 0.2) is 24.3 Å². The maximum Gasteiger partial charge on any atom is 0.122 e. The lowest BCUT2D eigenvalue weighted by atomic mass is 10.0. The molecule has 0 aromatic heterocycles. The molecule has 1 unspecified atom stereocenters. The number of hydrogen-bond donors (Lipinski definition) is 1. The first-order chi connectivity index (χ1) is 9.16. The number of aliphatic hydroxyl groups excluding tert-OH is 1. The lowest BCUT2D eigenvalue weighted by Crippen LogP contribution is -2.33. The second kappa shape index (κ2) is 8.50. The number of likely N-dealkylation sites (tertiary alicyclic amines) is 1. The zero-order valence-corrected chi connectivity index (χ0v) is 13.2. The molecule has 0 amide bonds. The van der Waals surface area contributed by atoms with Gasteiger partial charge in [0.05, 0.1) is 0 Å². The zero-order chi connectivity index (χ0) is 13.7. The maximum absolute atomic E-state index is 10.0. The number of aliphatic hydroxyl groups is 1. The predicted molar refractivity (Wildman–Crippen MR) is 85.0 cm³/mol. The van der Waals surface area contributed by atoms with Gasteiger partial charge in [-0.05, 0) is 43.5 Å². The number of ether oxygens (including phenoxy) is 1. The van der Waals surface area contributed by atoms with Crippen molar-refractivity contribution in [2.24, 2.45) is 0 Å². The molecule has 20 heavy (non-hydrogen) atoms. The first-order valence-electron chi connectivity index (χ1n) is 7.29. The van der Waals surface area contributed by atoms with Crippen molar-refractivity contribution in [1.82, 2.24) is 4.90 Å². The van der Waals surface area contributed by atoms with Crippen LogP contribution in [0.4, 0.5) is 0 Å². The molecule has 1 fully saturated rings. The Bertz CT molecular complexity index is 392. The summed E-state index contributed by atoms with van der Waals surface area (Å²) in [5.74, 6) is 1.34. The number of rotatable bonds is 6. The summed E-state index contributed by atoms with van der Waals surface area (Å²) >= 11 is 0. The molecule has 1 heterocycles. The van der Waals surface area contributed by atoms with Crippen LogP contribution in [0.5, 0.6) is 5.75 Å². The van der Waals surface area contributed by atoms with Gasteiger partial charge >= 0.3 is 0 Å². The molecule has 114 valence electrons. The predicted octanol–water partition coefficient (Wildman–Crippen LogP) is 3.07. The van der Waals surface area contributed by atoms with E-state index in [9.17, 15) is 5.11 Å². The largest absolute Gasteiger partial charge is 0.491 e. The van der Waals surface area contributed by atoms with E-state index in [-0.39, 0.29) is 12.4 Å². The Morgan fingerprint density at radius 2 is 1.85 bits per heavy atom. The number of nitrogens with zero attached hydrogens (tertiary/aromatic N) is 1. The highest BCUT2D eigenvalue weighted by atomic mass is 35.5. The summed E-state index contributed by atoms with van der Waals surface area (Å²) in [6, 6.07) is 8.08. The summed E-state index contributed by atoms with van der Waals surface area (Å²) in [7, 11) is 0. The van der Waals surface area contributed by atoms with E-state index in [1.807, 2.05) is 18.2 Å². The van der Waals surface area contributed by atoms with E-state index in [1.54, 1.807) is 0 Å². The SMILES string of the molecule is CC(C)c1ccccc1OCC(O)CN1CCCC1.Cl. The molecular weight excluding hydrogens is 274 g/mol. The van der Waals surface area contributed by atoms with E-state index >= 15 is 0 Å². The molecule has 1 aliphatic heterocycles. The minimum Gasteiger partial charge on any atom is -0.491 e. The summed E-state index contributed by atoms with van der Waals surface area (Å²) < 4.78 is 5.79. The summed E-state index contributed by atoms with van der Waals surface area (Å²) in [4.78, 5) is 2.31. The third-order valence-corrected chi connectivity index (χ3v) is 3.64. The van der Waals surface area contributed by atoms with Crippen molar-refractivity contribution in [3.8, 4) is 5.75 Å². The van der Waals surface area contributed by atoms with Gasteiger partial charge in [0, 0.05) is 6.54 Å². The molecular formula is C16H26ClNO2. The molecule has 1 aromatic rings. The van der Waals surface area contributed by atoms with E-state index in [0.29, 0.717) is 12.5 Å². The van der Waals surface area contributed by atoms with Gasteiger partial charge in [0.15, 0.2) is 0 Å². The summed E-state index contributed by atoms with van der Waals surface area (Å²) in [6.07, 6.45) is 2.10. The normalized spacial score (nSPS) is 17.0. The molecule has 1 N–H and O–H groups in total. The molecule has 0 spiro atoms. The van der Waals surface area contributed by atoms with Crippen LogP contribution in [0, 0.1) is 0 Å². The summed E-state index contributed by atoms with van der Waals surface area (Å²) in [6.45, 7) is 7.63. The van der Waals surface area contributed by atoms with Gasteiger partial charge in [-0.2, -0.15) is 0 Å². The number of β-amino-alcohol motifs (C(OH)–C–C–N with tert-alkyl or cyclic N) is 1. The van der Waals surface area contributed by atoms with Gasteiger partial charge in [0.2, 0.25) is 0 Å². The lowest BCUT2D eigenvalue weighted by molar-refractivity contribution is 0.0753. The number of hydrogen-bond acceptors (Lipinski definition) is 3. The highest BCUT2D eigenvalue weighted by molar-refractivity contribution is 5.85. The lowest BCUT2D eigenvalue weighted by Gasteiger charge is -2.20. The van der Waals surface area contributed by atoms with Crippen LogP contribution in [-0.4, -0.2) is 42.4 Å². The molecule has 0 saturated carbocycles. The van der Waals surface area contributed by atoms with Crippen LogP contribution in [0.2, 0.25) is 0 Å². The number of para-hydroxylation sites is 1. The van der Waals surface area contributed by atoms with Crippen molar-refractivity contribution in [1.29, 1.82) is 0 Å². The number of halogens is 1. The molecule has 3 nitrogen and oxygen atoms in total. The average molecular weight is 300 g/mol. The minimum absolute atomic E-state index is 0. The first kappa shape index (κ1) is 17.3. The molecule has 2 rings (SSSR count). The Kier molecular flexibility index (Phi) is 7.35. The van der Waals surface area contributed by atoms with Crippen molar-refractivity contribution in [2.45, 2.75) is 38.7 Å². The molecule has 1 aliphatic rings. The second-order valence-corrected chi connectivity index (χ2v) is 5.67. The van der Waals surface area contributed by atoms with E-state index < -0.39 is 6.10 Å². The fraction of sp³-hybridized carbons (Fsp3) is 0.625. The highest BCUT2D eigenvalue weighted by Crippen LogP contribution is 2.25. The molecule has 0 radical (unpaired) electrons. The Hall–Kier alpha value is -0.770.